The maximum Gasteiger partial charge on any atom is 0.248 e. The van der Waals surface area contributed by atoms with Crippen molar-refractivity contribution in [2.24, 2.45) is 0 Å². The number of amides is 3. The summed E-state index contributed by atoms with van der Waals surface area (Å²) in [6.45, 7) is 1.94. The third-order valence-corrected chi connectivity index (χ3v) is 5.29. The molecular formula is C22H21ClN2O3. The van der Waals surface area contributed by atoms with Crippen molar-refractivity contribution >= 4 is 41.1 Å². The molecule has 5 nitrogen and oxygen atoms in total. The van der Waals surface area contributed by atoms with E-state index in [2.05, 4.69) is 10.6 Å². The Kier molecular flexibility index (Phi) is 5.95. The Morgan fingerprint density at radius 3 is 2.61 bits per heavy atom. The Hall–Kier alpha value is -2.92. The number of nitrogens with one attached hydrogen (secondary N) is 2. The van der Waals surface area contributed by atoms with Gasteiger partial charge in [0.2, 0.25) is 17.7 Å². The highest BCUT2D eigenvalue weighted by Gasteiger charge is 2.42. The molecule has 1 saturated heterocycles. The van der Waals surface area contributed by atoms with Crippen molar-refractivity contribution in [1.29, 1.82) is 0 Å². The molecule has 0 bridgehead atoms. The first-order valence-corrected chi connectivity index (χ1v) is 9.50. The minimum Gasteiger partial charge on any atom is -0.323 e. The second-order valence-electron chi connectivity index (χ2n) is 6.77. The summed E-state index contributed by atoms with van der Waals surface area (Å²) in [7, 11) is 0. The van der Waals surface area contributed by atoms with Crippen LogP contribution in [0.2, 0.25) is 5.02 Å². The van der Waals surface area contributed by atoms with Crippen molar-refractivity contribution in [3.8, 4) is 0 Å². The molecule has 0 saturated carbocycles. The summed E-state index contributed by atoms with van der Waals surface area (Å²) >= 11 is 5.93. The van der Waals surface area contributed by atoms with Gasteiger partial charge in [-0.3, -0.25) is 19.7 Å². The molecule has 1 aliphatic rings. The standard InChI is InChI=1S/C22H21ClN2O3/c1-2-22(13-12-20(27)25-21(22)28)16-7-9-18(10-8-16)24-19(26)11-6-15-4-3-5-17(23)14-15/h3-11,14H,2,12-13H2,1H3,(H,24,26)(H,25,27,28)/b11-6+. The first-order chi connectivity index (χ1) is 13.4. The van der Waals surface area contributed by atoms with Gasteiger partial charge in [-0.15, -0.1) is 0 Å². The van der Waals surface area contributed by atoms with Crippen molar-refractivity contribution in [2.45, 2.75) is 31.6 Å². The Bertz CT molecular complexity index is 937. The lowest BCUT2D eigenvalue weighted by Crippen LogP contribution is -2.51. The van der Waals surface area contributed by atoms with E-state index in [0.717, 1.165) is 11.1 Å². The average molecular weight is 397 g/mol. The van der Waals surface area contributed by atoms with E-state index in [9.17, 15) is 14.4 Å². The molecule has 144 valence electrons. The van der Waals surface area contributed by atoms with Crippen LogP contribution in [-0.2, 0) is 19.8 Å². The van der Waals surface area contributed by atoms with Crippen LogP contribution >= 0.6 is 11.6 Å². The summed E-state index contributed by atoms with van der Waals surface area (Å²) in [5.74, 6) is -0.754. The molecule has 1 heterocycles. The Morgan fingerprint density at radius 1 is 1.21 bits per heavy atom. The predicted octanol–water partition coefficient (Wildman–Crippen LogP) is 4.08. The molecular weight excluding hydrogens is 376 g/mol. The molecule has 6 heteroatoms. The number of carbonyl (C=O) groups is 3. The quantitative estimate of drug-likeness (QED) is 0.590. The van der Waals surface area contributed by atoms with Gasteiger partial charge in [-0.1, -0.05) is 42.8 Å². The van der Waals surface area contributed by atoms with Crippen LogP contribution in [0.15, 0.2) is 54.6 Å². The van der Waals surface area contributed by atoms with E-state index in [-0.39, 0.29) is 17.7 Å². The maximum atomic E-state index is 12.4. The summed E-state index contributed by atoms with van der Waals surface area (Å²) in [6.07, 6.45) is 4.53. The minimum absolute atomic E-state index is 0.232. The van der Waals surface area contributed by atoms with Gasteiger partial charge in [0, 0.05) is 23.2 Å². The highest BCUT2D eigenvalue weighted by Crippen LogP contribution is 2.36. The van der Waals surface area contributed by atoms with Crippen LogP contribution in [-0.4, -0.2) is 17.7 Å². The topological polar surface area (TPSA) is 75.3 Å². The molecule has 1 atom stereocenters. The molecule has 3 amide bonds. The zero-order chi connectivity index (χ0) is 20.1. The van der Waals surface area contributed by atoms with Gasteiger partial charge in [0.15, 0.2) is 0 Å². The fourth-order valence-electron chi connectivity index (χ4n) is 3.40. The number of anilines is 1. The maximum absolute atomic E-state index is 12.4. The Labute approximate surface area is 168 Å². The lowest BCUT2D eigenvalue weighted by molar-refractivity contribution is -0.138. The summed E-state index contributed by atoms with van der Waals surface area (Å²) in [5, 5.41) is 5.84. The van der Waals surface area contributed by atoms with Gasteiger partial charge < -0.3 is 5.32 Å². The van der Waals surface area contributed by atoms with Crippen LogP contribution in [0.25, 0.3) is 6.08 Å². The first kappa shape index (κ1) is 19.8. The average Bonchev–Trinajstić information content (AvgIpc) is 2.68. The van der Waals surface area contributed by atoms with E-state index in [1.807, 2.05) is 31.2 Å². The molecule has 28 heavy (non-hydrogen) atoms. The van der Waals surface area contributed by atoms with E-state index in [0.29, 0.717) is 30.0 Å². The summed E-state index contributed by atoms with van der Waals surface area (Å²) in [6, 6.07) is 14.4. The number of benzene rings is 2. The minimum atomic E-state index is -0.705. The van der Waals surface area contributed by atoms with Crippen LogP contribution < -0.4 is 10.6 Å². The van der Waals surface area contributed by atoms with Gasteiger partial charge in [0.1, 0.15) is 0 Å². The number of imide groups is 1. The van der Waals surface area contributed by atoms with Crippen LogP contribution in [0.3, 0.4) is 0 Å². The van der Waals surface area contributed by atoms with Gasteiger partial charge >= 0.3 is 0 Å². The zero-order valence-electron chi connectivity index (χ0n) is 15.5. The summed E-state index contributed by atoms with van der Waals surface area (Å²) in [4.78, 5) is 36.1. The Morgan fingerprint density at radius 2 is 1.96 bits per heavy atom. The van der Waals surface area contributed by atoms with E-state index < -0.39 is 5.41 Å². The second-order valence-corrected chi connectivity index (χ2v) is 7.20. The van der Waals surface area contributed by atoms with Crippen molar-refractivity contribution in [1.82, 2.24) is 5.32 Å². The van der Waals surface area contributed by atoms with E-state index in [4.69, 9.17) is 11.6 Å². The van der Waals surface area contributed by atoms with Crippen LogP contribution in [0.4, 0.5) is 5.69 Å². The fraction of sp³-hybridized carbons (Fsp3) is 0.227. The third kappa shape index (κ3) is 4.31. The lowest BCUT2D eigenvalue weighted by Gasteiger charge is -2.35. The number of piperidine rings is 1. The molecule has 1 unspecified atom stereocenters. The van der Waals surface area contributed by atoms with Gasteiger partial charge in [0.05, 0.1) is 5.41 Å². The number of hydrogen-bond donors (Lipinski definition) is 2. The van der Waals surface area contributed by atoms with E-state index in [1.165, 1.54) is 6.08 Å². The molecule has 1 aliphatic heterocycles. The van der Waals surface area contributed by atoms with Crippen molar-refractivity contribution in [3.63, 3.8) is 0 Å². The van der Waals surface area contributed by atoms with Gasteiger partial charge in [-0.05, 0) is 54.3 Å². The smallest absolute Gasteiger partial charge is 0.248 e. The molecule has 0 radical (unpaired) electrons. The summed E-state index contributed by atoms with van der Waals surface area (Å²) in [5.41, 5.74) is 1.60. The van der Waals surface area contributed by atoms with E-state index in [1.54, 1.807) is 30.3 Å². The van der Waals surface area contributed by atoms with Crippen LogP contribution in [0.1, 0.15) is 37.3 Å². The van der Waals surface area contributed by atoms with Crippen molar-refractivity contribution in [3.05, 3.63) is 70.8 Å². The monoisotopic (exact) mass is 396 g/mol. The summed E-state index contributed by atoms with van der Waals surface area (Å²) < 4.78 is 0. The third-order valence-electron chi connectivity index (χ3n) is 5.05. The largest absolute Gasteiger partial charge is 0.323 e. The Balaban J connectivity index is 1.69. The molecule has 2 N–H and O–H groups in total. The SMILES string of the molecule is CCC1(c2ccc(NC(=O)/C=C/c3cccc(Cl)c3)cc2)CCC(=O)NC1=O. The first-order valence-electron chi connectivity index (χ1n) is 9.12. The predicted molar refractivity (Wildman–Crippen MR) is 110 cm³/mol. The molecule has 2 aromatic rings. The number of halogens is 1. The van der Waals surface area contributed by atoms with Gasteiger partial charge in [-0.25, -0.2) is 0 Å². The highest BCUT2D eigenvalue weighted by molar-refractivity contribution is 6.30. The second kappa shape index (κ2) is 8.40. The van der Waals surface area contributed by atoms with Crippen molar-refractivity contribution in [2.75, 3.05) is 5.32 Å². The fourth-order valence-corrected chi connectivity index (χ4v) is 3.60. The lowest BCUT2D eigenvalue weighted by atomic mass is 9.72. The normalized spacial score (nSPS) is 19.5. The molecule has 0 aliphatic carbocycles. The van der Waals surface area contributed by atoms with Gasteiger partial charge in [0.25, 0.3) is 0 Å². The van der Waals surface area contributed by atoms with Gasteiger partial charge in [-0.2, -0.15) is 0 Å². The van der Waals surface area contributed by atoms with Crippen LogP contribution in [0, 0.1) is 0 Å². The molecule has 0 aromatic heterocycles. The molecule has 0 spiro atoms. The number of rotatable bonds is 5. The number of carbonyl (C=O) groups excluding carboxylic acids is 3. The molecule has 3 rings (SSSR count). The van der Waals surface area contributed by atoms with Crippen molar-refractivity contribution < 1.29 is 14.4 Å². The number of hydrogen-bond acceptors (Lipinski definition) is 3. The highest BCUT2D eigenvalue weighted by atomic mass is 35.5. The molecule has 1 fully saturated rings. The molecule has 2 aromatic carbocycles. The van der Waals surface area contributed by atoms with Crippen LogP contribution in [0.5, 0.6) is 0 Å². The van der Waals surface area contributed by atoms with E-state index >= 15 is 0 Å². The zero-order valence-corrected chi connectivity index (χ0v) is 16.3.